The molecule has 2 aliphatic heterocycles. The number of benzene rings is 2. The number of hydrogen-bond donors (Lipinski definition) is 0. The van der Waals surface area contributed by atoms with Crippen molar-refractivity contribution in [3.05, 3.63) is 59.4 Å². The van der Waals surface area contributed by atoms with Crippen molar-refractivity contribution >= 4 is 5.91 Å². The van der Waals surface area contributed by atoms with Crippen LogP contribution in [0.1, 0.15) is 54.9 Å². The number of carbonyl (C=O) groups excluding carboxylic acids is 1. The maximum Gasteiger partial charge on any atom is 0.416 e. The number of amides is 1. The molecule has 0 saturated carbocycles. The Morgan fingerprint density at radius 1 is 0.969 bits per heavy atom. The molecule has 2 atom stereocenters. The average molecular weight is 449 g/mol. The van der Waals surface area contributed by atoms with E-state index in [1.54, 1.807) is 11.0 Å². The van der Waals surface area contributed by atoms with Crippen molar-refractivity contribution in [2.24, 2.45) is 0 Å². The Labute approximate surface area is 186 Å². The van der Waals surface area contributed by atoms with Crippen molar-refractivity contribution in [3.8, 4) is 11.1 Å². The number of carbonyl (C=O) groups is 1. The molecule has 2 unspecified atom stereocenters. The van der Waals surface area contributed by atoms with Gasteiger partial charge in [0.1, 0.15) is 5.82 Å². The van der Waals surface area contributed by atoms with Gasteiger partial charge in [0.2, 0.25) is 0 Å². The van der Waals surface area contributed by atoms with Crippen LogP contribution >= 0.6 is 0 Å². The second-order valence-electron chi connectivity index (χ2n) is 8.76. The minimum Gasteiger partial charge on any atom is -0.334 e. The number of halogens is 4. The number of rotatable bonds is 5. The molecule has 32 heavy (non-hydrogen) atoms. The number of nitrogens with zero attached hydrogens (tertiary/aromatic N) is 2. The van der Waals surface area contributed by atoms with Gasteiger partial charge in [-0.3, -0.25) is 9.69 Å². The molecular formula is C25H28F4N2O. The van der Waals surface area contributed by atoms with E-state index in [-0.39, 0.29) is 17.5 Å². The lowest BCUT2D eigenvalue weighted by Gasteiger charge is -2.31. The summed E-state index contributed by atoms with van der Waals surface area (Å²) in [6.07, 6.45) is 0.881. The van der Waals surface area contributed by atoms with Crippen LogP contribution in [0.25, 0.3) is 11.1 Å². The average Bonchev–Trinajstić information content (AvgIpc) is 3.42. The first-order valence-electron chi connectivity index (χ1n) is 11.3. The summed E-state index contributed by atoms with van der Waals surface area (Å²) in [5.41, 5.74) is 0.168. The maximum atomic E-state index is 14.9. The van der Waals surface area contributed by atoms with Crippen LogP contribution in [0.3, 0.4) is 0 Å². The molecule has 2 heterocycles. The highest BCUT2D eigenvalue weighted by Gasteiger charge is 2.34. The van der Waals surface area contributed by atoms with Gasteiger partial charge in [0.15, 0.2) is 0 Å². The van der Waals surface area contributed by atoms with Crippen molar-refractivity contribution < 1.29 is 22.4 Å². The zero-order valence-corrected chi connectivity index (χ0v) is 18.2. The Bertz CT molecular complexity index is 957. The SMILES string of the molecule is CCC1CCCN1CC1CCCN1C(=O)c1ccc(-c2ccc(C(F)(F)F)cc2)cc1F. The minimum atomic E-state index is -4.42. The smallest absolute Gasteiger partial charge is 0.334 e. The van der Waals surface area contributed by atoms with E-state index in [9.17, 15) is 22.4 Å². The minimum absolute atomic E-state index is 0.0148. The van der Waals surface area contributed by atoms with Gasteiger partial charge in [0.25, 0.3) is 5.91 Å². The lowest BCUT2D eigenvalue weighted by molar-refractivity contribution is -0.137. The molecule has 2 aromatic rings. The normalized spacial score (nSPS) is 22.0. The number of likely N-dealkylation sites (tertiary alicyclic amines) is 2. The van der Waals surface area contributed by atoms with Crippen molar-refractivity contribution in [3.63, 3.8) is 0 Å². The summed E-state index contributed by atoms with van der Waals surface area (Å²) in [6.45, 7) is 4.69. The molecule has 0 radical (unpaired) electrons. The first kappa shape index (κ1) is 22.8. The zero-order chi connectivity index (χ0) is 22.9. The van der Waals surface area contributed by atoms with Gasteiger partial charge in [-0.2, -0.15) is 13.2 Å². The van der Waals surface area contributed by atoms with E-state index in [2.05, 4.69) is 11.8 Å². The van der Waals surface area contributed by atoms with Gasteiger partial charge in [-0.1, -0.05) is 25.1 Å². The molecule has 0 spiro atoms. The second-order valence-corrected chi connectivity index (χ2v) is 8.76. The van der Waals surface area contributed by atoms with E-state index in [1.165, 1.54) is 37.1 Å². The predicted molar refractivity (Wildman–Crippen MR) is 116 cm³/mol. The van der Waals surface area contributed by atoms with Crippen molar-refractivity contribution in [2.75, 3.05) is 19.6 Å². The third-order valence-corrected chi connectivity index (χ3v) is 6.80. The summed E-state index contributed by atoms with van der Waals surface area (Å²) in [7, 11) is 0. The Kier molecular flexibility index (Phi) is 6.56. The quantitative estimate of drug-likeness (QED) is 0.525. The predicted octanol–water partition coefficient (Wildman–Crippen LogP) is 5.99. The summed E-state index contributed by atoms with van der Waals surface area (Å²) in [4.78, 5) is 17.4. The molecule has 2 aromatic carbocycles. The molecule has 2 saturated heterocycles. The topological polar surface area (TPSA) is 23.6 Å². The molecule has 7 heteroatoms. The molecule has 0 aliphatic carbocycles. The molecule has 0 aromatic heterocycles. The van der Waals surface area contributed by atoms with E-state index >= 15 is 0 Å². The van der Waals surface area contributed by atoms with Gasteiger partial charge in [0, 0.05) is 25.2 Å². The standard InChI is InChI=1S/C25H28F4N2O/c1-2-20-5-3-13-30(20)16-21-6-4-14-31(21)24(32)22-12-9-18(15-23(22)26)17-7-10-19(11-8-17)25(27,28)29/h7-12,15,20-21H,2-6,13-14,16H2,1H3. The third-order valence-electron chi connectivity index (χ3n) is 6.80. The van der Waals surface area contributed by atoms with E-state index < -0.39 is 17.6 Å². The van der Waals surface area contributed by atoms with Crippen molar-refractivity contribution in [1.82, 2.24) is 9.80 Å². The Morgan fingerprint density at radius 2 is 1.62 bits per heavy atom. The number of alkyl halides is 3. The molecule has 1 amide bonds. The van der Waals surface area contributed by atoms with Crippen molar-refractivity contribution in [1.29, 1.82) is 0 Å². The largest absolute Gasteiger partial charge is 0.416 e. The fourth-order valence-corrected chi connectivity index (χ4v) is 5.04. The summed E-state index contributed by atoms with van der Waals surface area (Å²) >= 11 is 0. The van der Waals surface area contributed by atoms with Gasteiger partial charge in [0.05, 0.1) is 11.1 Å². The molecule has 2 fully saturated rings. The summed E-state index contributed by atoms with van der Waals surface area (Å²) in [5, 5.41) is 0. The third kappa shape index (κ3) is 4.68. The maximum absolute atomic E-state index is 14.9. The molecular weight excluding hydrogens is 420 g/mol. The summed E-state index contributed by atoms with van der Waals surface area (Å²) < 4.78 is 53.2. The molecule has 4 rings (SSSR count). The second kappa shape index (κ2) is 9.22. The van der Waals surface area contributed by atoms with Crippen LogP contribution in [0.15, 0.2) is 42.5 Å². The Balaban J connectivity index is 1.49. The van der Waals surface area contributed by atoms with Gasteiger partial charge >= 0.3 is 6.18 Å². The van der Waals surface area contributed by atoms with Crippen LogP contribution < -0.4 is 0 Å². The Hall–Kier alpha value is -2.41. The van der Waals surface area contributed by atoms with Gasteiger partial charge in [-0.15, -0.1) is 0 Å². The van der Waals surface area contributed by atoms with Crippen molar-refractivity contribution in [2.45, 2.75) is 57.3 Å². The molecule has 0 bridgehead atoms. The highest BCUT2D eigenvalue weighted by molar-refractivity contribution is 5.95. The van der Waals surface area contributed by atoms with Crippen LogP contribution in [0.2, 0.25) is 0 Å². The molecule has 0 N–H and O–H groups in total. The zero-order valence-electron chi connectivity index (χ0n) is 18.2. The monoisotopic (exact) mass is 448 g/mol. The van der Waals surface area contributed by atoms with E-state index in [0.717, 1.165) is 44.5 Å². The van der Waals surface area contributed by atoms with Gasteiger partial charge in [-0.25, -0.2) is 4.39 Å². The van der Waals surface area contributed by atoms with Crippen LogP contribution in [-0.4, -0.2) is 47.4 Å². The van der Waals surface area contributed by atoms with Crippen LogP contribution in [-0.2, 0) is 6.18 Å². The molecule has 3 nitrogen and oxygen atoms in total. The Morgan fingerprint density at radius 3 is 2.28 bits per heavy atom. The van der Waals surface area contributed by atoms with Gasteiger partial charge in [-0.05, 0) is 74.0 Å². The molecule has 172 valence electrons. The lowest BCUT2D eigenvalue weighted by Crippen LogP contribution is -2.44. The van der Waals surface area contributed by atoms with Crippen LogP contribution in [0.5, 0.6) is 0 Å². The van der Waals surface area contributed by atoms with Crippen LogP contribution in [0, 0.1) is 5.82 Å². The number of hydrogen-bond acceptors (Lipinski definition) is 2. The molecule has 2 aliphatic rings. The van der Waals surface area contributed by atoms with E-state index in [0.29, 0.717) is 23.7 Å². The highest BCUT2D eigenvalue weighted by Crippen LogP contribution is 2.32. The lowest BCUT2D eigenvalue weighted by atomic mass is 10.0. The summed E-state index contributed by atoms with van der Waals surface area (Å²) in [6, 6.07) is 9.50. The highest BCUT2D eigenvalue weighted by atomic mass is 19.4. The van der Waals surface area contributed by atoms with E-state index in [4.69, 9.17) is 0 Å². The van der Waals surface area contributed by atoms with Crippen LogP contribution in [0.4, 0.5) is 17.6 Å². The first-order valence-corrected chi connectivity index (χ1v) is 11.3. The fraction of sp³-hybridized carbons (Fsp3) is 0.480. The van der Waals surface area contributed by atoms with E-state index in [1.807, 2.05) is 0 Å². The first-order chi connectivity index (χ1) is 15.3. The fourth-order valence-electron chi connectivity index (χ4n) is 5.04. The summed E-state index contributed by atoms with van der Waals surface area (Å²) in [5.74, 6) is -0.957. The van der Waals surface area contributed by atoms with Gasteiger partial charge < -0.3 is 4.90 Å².